The molecule has 2 N–H and O–H groups in total. The van der Waals surface area contributed by atoms with Crippen LogP contribution in [0.15, 0.2) is 89.6 Å². The van der Waals surface area contributed by atoms with Gasteiger partial charge in [-0.25, -0.2) is 25.6 Å². The minimum absolute atomic E-state index is 0.0836. The Morgan fingerprint density at radius 3 is 1.68 bits per heavy atom. The molecule has 15 nitrogen and oxygen atoms in total. The number of carbonyl (C=O) groups is 1. The Labute approximate surface area is 342 Å². The summed E-state index contributed by atoms with van der Waals surface area (Å²) in [5, 5.41) is 16.3. The van der Waals surface area contributed by atoms with E-state index in [1.165, 1.54) is 42.4 Å². The molecule has 0 saturated carbocycles. The predicted octanol–water partition coefficient (Wildman–Crippen LogP) is 6.27. The van der Waals surface area contributed by atoms with Crippen LogP contribution in [-0.4, -0.2) is 70.4 Å². The van der Waals surface area contributed by atoms with Crippen LogP contribution in [0.5, 0.6) is 0 Å². The number of Topliss-reactive ketones (excluding diaryl/α,β-unsaturated/α-hetero) is 1. The van der Waals surface area contributed by atoms with E-state index < -0.39 is 44.0 Å². The highest BCUT2D eigenvalue weighted by Gasteiger charge is 2.27. The van der Waals surface area contributed by atoms with Gasteiger partial charge in [-0.05, 0) is 56.3 Å². The average Bonchev–Trinajstić information content (AvgIpc) is 3.99. The van der Waals surface area contributed by atoms with Crippen LogP contribution in [0.25, 0.3) is 33.3 Å². The van der Waals surface area contributed by atoms with Gasteiger partial charge in [0.25, 0.3) is 5.89 Å². The first-order valence-electron chi connectivity index (χ1n) is 18.2. The SMILES string of the molecule is CCS(=O)(=O)N(Cc1ccc(-c2nnc(C(F)F)o2)cc1F)c1cccc2c1cnn2C.CCS(=O)(=O)N(Cc1ccc(C(=O)CN)cc1F)c1cccc2c1cnn2C. The number of ketones is 1. The molecule has 0 atom stereocenters. The van der Waals surface area contributed by atoms with Gasteiger partial charge in [-0.2, -0.15) is 19.0 Å². The van der Waals surface area contributed by atoms with E-state index in [0.29, 0.717) is 22.1 Å². The van der Waals surface area contributed by atoms with E-state index in [0.717, 1.165) is 27.5 Å². The molecular weight excluding hydrogens is 831 g/mol. The summed E-state index contributed by atoms with van der Waals surface area (Å²) < 4.78 is 117. The van der Waals surface area contributed by atoms with Crippen LogP contribution in [0, 0.1) is 11.6 Å². The topological polar surface area (TPSA) is 192 Å². The van der Waals surface area contributed by atoms with Crippen molar-refractivity contribution in [1.29, 1.82) is 0 Å². The molecule has 0 aliphatic carbocycles. The first-order valence-corrected chi connectivity index (χ1v) is 21.5. The minimum Gasteiger partial charge on any atom is -0.415 e. The van der Waals surface area contributed by atoms with Crippen molar-refractivity contribution in [3.8, 4) is 11.5 Å². The van der Waals surface area contributed by atoms with Gasteiger partial charge >= 0.3 is 6.43 Å². The maximum absolute atomic E-state index is 14.9. The second-order valence-corrected chi connectivity index (χ2v) is 17.6. The van der Waals surface area contributed by atoms with E-state index in [4.69, 9.17) is 10.2 Å². The van der Waals surface area contributed by atoms with Crippen molar-refractivity contribution in [1.82, 2.24) is 29.8 Å². The van der Waals surface area contributed by atoms with E-state index in [-0.39, 0.29) is 65.1 Å². The number of halogens is 4. The van der Waals surface area contributed by atoms with Crippen molar-refractivity contribution in [2.75, 3.05) is 26.7 Å². The molecule has 60 heavy (non-hydrogen) atoms. The molecule has 21 heteroatoms. The minimum atomic E-state index is -3.77. The van der Waals surface area contributed by atoms with Gasteiger partial charge in [0.05, 0.1) is 65.9 Å². The molecule has 0 saturated heterocycles. The quantitative estimate of drug-likeness (QED) is 0.0958. The summed E-state index contributed by atoms with van der Waals surface area (Å²) in [7, 11) is -3.97. The van der Waals surface area contributed by atoms with Crippen LogP contribution in [0.3, 0.4) is 0 Å². The molecule has 3 heterocycles. The first-order chi connectivity index (χ1) is 28.5. The fourth-order valence-corrected chi connectivity index (χ4v) is 8.47. The summed E-state index contributed by atoms with van der Waals surface area (Å²) in [6.45, 7) is 2.33. The zero-order valence-electron chi connectivity index (χ0n) is 32.6. The number of nitrogens with zero attached hydrogens (tertiary/aromatic N) is 8. The van der Waals surface area contributed by atoms with Gasteiger partial charge in [0, 0.05) is 47.1 Å². The number of carbonyl (C=O) groups excluding carboxylic acids is 1. The number of fused-ring (bicyclic) bond motifs is 2. The third-order valence-corrected chi connectivity index (χ3v) is 13.0. The molecule has 0 bridgehead atoms. The highest BCUT2D eigenvalue weighted by atomic mass is 32.2. The number of aryl methyl sites for hydroxylation is 2. The second-order valence-electron chi connectivity index (χ2n) is 13.3. The Bertz CT molecular complexity index is 2920. The smallest absolute Gasteiger partial charge is 0.314 e. The summed E-state index contributed by atoms with van der Waals surface area (Å²) >= 11 is 0. The number of anilines is 2. The monoisotopic (exact) mass is 869 g/mol. The van der Waals surface area contributed by atoms with Crippen molar-refractivity contribution in [3.63, 3.8) is 0 Å². The zero-order chi connectivity index (χ0) is 43.5. The highest BCUT2D eigenvalue weighted by Crippen LogP contribution is 2.33. The molecule has 7 aromatic rings. The van der Waals surface area contributed by atoms with Gasteiger partial charge in [-0.1, -0.05) is 30.3 Å². The molecule has 0 spiro atoms. The lowest BCUT2D eigenvalue weighted by Crippen LogP contribution is -2.32. The number of rotatable bonds is 14. The van der Waals surface area contributed by atoms with Crippen molar-refractivity contribution >= 4 is 59.0 Å². The van der Waals surface area contributed by atoms with Crippen molar-refractivity contribution in [3.05, 3.63) is 119 Å². The Morgan fingerprint density at radius 1 is 0.750 bits per heavy atom. The van der Waals surface area contributed by atoms with E-state index in [1.54, 1.807) is 66.2 Å². The van der Waals surface area contributed by atoms with Crippen LogP contribution in [-0.2, 0) is 47.2 Å². The molecular formula is C39H39F4N9O6S2. The lowest BCUT2D eigenvalue weighted by molar-refractivity contribution is 0.100. The molecule has 4 aromatic carbocycles. The lowest BCUT2D eigenvalue weighted by Gasteiger charge is -2.25. The molecule has 7 rings (SSSR count). The molecule has 3 aromatic heterocycles. The number of sulfonamides is 2. The Hall–Kier alpha value is -6.19. The summed E-state index contributed by atoms with van der Waals surface area (Å²) in [6, 6.07) is 18.1. The third-order valence-electron chi connectivity index (χ3n) is 9.59. The van der Waals surface area contributed by atoms with Crippen LogP contribution >= 0.6 is 0 Å². The fourth-order valence-electron chi connectivity index (χ4n) is 6.26. The summed E-state index contributed by atoms with van der Waals surface area (Å²) in [4.78, 5) is 11.7. The predicted molar refractivity (Wildman–Crippen MR) is 217 cm³/mol. The van der Waals surface area contributed by atoms with Crippen molar-refractivity contribution in [2.45, 2.75) is 33.4 Å². The average molecular weight is 870 g/mol. The largest absolute Gasteiger partial charge is 0.415 e. The zero-order valence-corrected chi connectivity index (χ0v) is 34.3. The molecule has 0 radical (unpaired) electrons. The molecule has 0 aliphatic heterocycles. The van der Waals surface area contributed by atoms with Gasteiger partial charge in [0.2, 0.25) is 25.9 Å². The van der Waals surface area contributed by atoms with E-state index in [9.17, 15) is 39.2 Å². The van der Waals surface area contributed by atoms with Gasteiger partial charge in [0.15, 0.2) is 5.78 Å². The molecule has 316 valence electrons. The van der Waals surface area contributed by atoms with E-state index >= 15 is 0 Å². The van der Waals surface area contributed by atoms with Crippen molar-refractivity contribution in [2.24, 2.45) is 19.8 Å². The lowest BCUT2D eigenvalue weighted by atomic mass is 10.1. The Kier molecular flexibility index (Phi) is 12.7. The van der Waals surface area contributed by atoms with Gasteiger partial charge in [-0.15, -0.1) is 10.2 Å². The van der Waals surface area contributed by atoms with Crippen LogP contribution in [0.2, 0.25) is 0 Å². The first kappa shape index (κ1) is 43.4. The van der Waals surface area contributed by atoms with Gasteiger partial charge in [-0.3, -0.25) is 22.8 Å². The number of alkyl halides is 2. The maximum Gasteiger partial charge on any atom is 0.314 e. The Balaban J connectivity index is 0.000000203. The number of benzene rings is 4. The van der Waals surface area contributed by atoms with Gasteiger partial charge < -0.3 is 10.2 Å². The molecule has 0 amide bonds. The molecule has 0 aliphatic rings. The maximum atomic E-state index is 14.9. The summed E-state index contributed by atoms with van der Waals surface area (Å²) in [5.41, 5.74) is 8.10. The number of hydrogen-bond acceptors (Lipinski definition) is 11. The van der Waals surface area contributed by atoms with Crippen LogP contribution in [0.1, 0.15) is 47.6 Å². The van der Waals surface area contributed by atoms with Crippen molar-refractivity contribution < 1.29 is 43.6 Å². The second kappa shape index (κ2) is 17.6. The normalized spacial score (nSPS) is 11.9. The number of hydrogen-bond donors (Lipinski definition) is 1. The van der Waals surface area contributed by atoms with Gasteiger partial charge in [0.1, 0.15) is 11.6 Å². The highest BCUT2D eigenvalue weighted by molar-refractivity contribution is 7.93. The van der Waals surface area contributed by atoms with Crippen LogP contribution < -0.4 is 14.3 Å². The van der Waals surface area contributed by atoms with E-state index in [1.807, 2.05) is 6.07 Å². The summed E-state index contributed by atoms with van der Waals surface area (Å²) in [5.74, 6) is -3.25. The molecule has 0 fully saturated rings. The molecule has 0 unspecified atom stereocenters. The third kappa shape index (κ3) is 8.87. The number of aromatic nitrogens is 6. The number of nitrogens with two attached hydrogens (primary N) is 1. The standard InChI is InChI=1S/C20H18F3N5O3S.C19H21FN4O3S/c1-3-32(29,30)28(17-6-4-5-16-14(17)10-24-27(16)2)11-13-8-7-12(9-15(13)21)19-25-26-20(31-19)18(22)23;1-3-28(26,27)24(18-6-4-5-17-15(18)11-22-23(17)2)12-14-8-7-13(9-16(14)20)19(25)10-21/h4-10,18H,3,11H2,1-2H3;4-9,11H,3,10,12,21H2,1-2H3. The van der Waals surface area contributed by atoms with E-state index in [2.05, 4.69) is 20.4 Å². The fraction of sp³-hybridized carbons (Fsp3) is 0.256. The Morgan fingerprint density at radius 2 is 1.25 bits per heavy atom. The van der Waals surface area contributed by atoms with Crippen LogP contribution in [0.4, 0.5) is 28.9 Å². The summed E-state index contributed by atoms with van der Waals surface area (Å²) in [6.07, 6.45) is 0.198.